The number of hydrogen-bond acceptors (Lipinski definition) is 3. The van der Waals surface area contributed by atoms with Crippen LogP contribution in [0.15, 0.2) is 59.5 Å². The zero-order valence-electron chi connectivity index (χ0n) is 12.0. The van der Waals surface area contributed by atoms with Gasteiger partial charge in [0, 0.05) is 23.7 Å². The molecule has 0 aliphatic rings. The Balaban J connectivity index is 1.83. The van der Waals surface area contributed by atoms with E-state index < -0.39 is 10.8 Å². The molecule has 0 fully saturated rings. The largest absolute Gasteiger partial charge is 0.301 e. The Morgan fingerprint density at radius 1 is 1.10 bits per heavy atom. The van der Waals surface area contributed by atoms with Crippen LogP contribution in [0.2, 0.25) is 0 Å². The lowest BCUT2D eigenvalue weighted by atomic mass is 10.1. The summed E-state index contributed by atoms with van der Waals surface area (Å²) in [7, 11) is 1.06. The molecule has 0 heterocycles. The van der Waals surface area contributed by atoms with Gasteiger partial charge in [0.2, 0.25) is 0 Å². The van der Waals surface area contributed by atoms with Crippen molar-refractivity contribution in [3.8, 4) is 6.07 Å². The Hall–Kier alpha value is -1.96. The molecule has 0 aromatic heterocycles. The molecule has 1 atom stereocenters. The lowest BCUT2D eigenvalue weighted by molar-refractivity contribution is 0.347. The molecule has 0 N–H and O–H groups in total. The Morgan fingerprint density at radius 3 is 2.38 bits per heavy atom. The maximum absolute atomic E-state index is 12.1. The zero-order valence-corrected chi connectivity index (χ0v) is 12.8. The van der Waals surface area contributed by atoms with Crippen LogP contribution in [0, 0.1) is 11.3 Å². The number of hydrogen-bond donors (Lipinski definition) is 0. The highest BCUT2D eigenvalue weighted by atomic mass is 32.2. The third-order valence-corrected chi connectivity index (χ3v) is 4.55. The first-order chi connectivity index (χ1) is 10.2. The predicted molar refractivity (Wildman–Crippen MR) is 85.2 cm³/mol. The third-order valence-electron chi connectivity index (χ3n) is 3.20. The summed E-state index contributed by atoms with van der Waals surface area (Å²) >= 11 is 0. The van der Waals surface area contributed by atoms with Crippen molar-refractivity contribution in [3.05, 3.63) is 65.7 Å². The third kappa shape index (κ3) is 4.82. The minimum absolute atomic E-state index is 0.622. The van der Waals surface area contributed by atoms with E-state index in [0.29, 0.717) is 11.3 Å². The molecule has 108 valence electrons. The Bertz CT molecular complexity index is 632. The molecule has 0 amide bonds. The van der Waals surface area contributed by atoms with E-state index in [-0.39, 0.29) is 0 Å². The normalized spacial score (nSPS) is 12.0. The first-order valence-electron chi connectivity index (χ1n) is 6.80. The van der Waals surface area contributed by atoms with Crippen LogP contribution >= 0.6 is 0 Å². The summed E-state index contributed by atoms with van der Waals surface area (Å²) in [5.41, 5.74) is 1.83. The summed E-state index contributed by atoms with van der Waals surface area (Å²) in [4.78, 5) is 3.02. The smallest absolute Gasteiger partial charge is 0.0991 e. The van der Waals surface area contributed by atoms with Crippen molar-refractivity contribution in [1.82, 2.24) is 4.90 Å². The highest BCUT2D eigenvalue weighted by molar-refractivity contribution is 7.85. The summed E-state index contributed by atoms with van der Waals surface area (Å²) in [6, 6.07) is 19.2. The lowest BCUT2D eigenvalue weighted by Gasteiger charge is -2.16. The van der Waals surface area contributed by atoms with Crippen LogP contribution in [0.4, 0.5) is 0 Å². The van der Waals surface area contributed by atoms with Gasteiger partial charge in [0.1, 0.15) is 0 Å². The van der Waals surface area contributed by atoms with E-state index in [1.54, 1.807) is 0 Å². The molecule has 0 spiro atoms. The van der Waals surface area contributed by atoms with Crippen LogP contribution in [0.25, 0.3) is 0 Å². The second-order valence-corrected chi connectivity index (χ2v) is 6.48. The van der Waals surface area contributed by atoms with E-state index in [1.807, 2.05) is 61.6 Å². The molecule has 3 nitrogen and oxygen atoms in total. The maximum Gasteiger partial charge on any atom is 0.0991 e. The second-order valence-electron chi connectivity index (χ2n) is 4.91. The molecule has 0 saturated carbocycles. The van der Waals surface area contributed by atoms with Gasteiger partial charge in [-0.25, -0.2) is 0 Å². The quantitative estimate of drug-likeness (QED) is 0.823. The summed E-state index contributed by atoms with van der Waals surface area (Å²) in [5.74, 6) is 0.622. The molecule has 2 aromatic carbocycles. The fourth-order valence-corrected chi connectivity index (χ4v) is 3.18. The minimum Gasteiger partial charge on any atom is -0.301 e. The average molecular weight is 298 g/mol. The first-order valence-corrected chi connectivity index (χ1v) is 8.12. The molecule has 0 aliphatic heterocycles. The van der Waals surface area contributed by atoms with Crippen LogP contribution in [0.5, 0.6) is 0 Å². The molecular formula is C17H18N2OS. The molecule has 0 radical (unpaired) electrons. The van der Waals surface area contributed by atoms with Crippen LogP contribution < -0.4 is 0 Å². The summed E-state index contributed by atoms with van der Waals surface area (Å²) in [6.45, 7) is 1.55. The van der Waals surface area contributed by atoms with Gasteiger partial charge in [-0.2, -0.15) is 5.26 Å². The molecule has 2 rings (SSSR count). The van der Waals surface area contributed by atoms with Gasteiger partial charge < -0.3 is 4.90 Å². The monoisotopic (exact) mass is 298 g/mol. The molecule has 4 heteroatoms. The van der Waals surface area contributed by atoms with Gasteiger partial charge in [-0.05, 0) is 36.9 Å². The summed E-state index contributed by atoms with van der Waals surface area (Å²) < 4.78 is 12.1. The van der Waals surface area contributed by atoms with Crippen molar-refractivity contribution in [2.75, 3.05) is 19.3 Å². The van der Waals surface area contributed by atoms with Gasteiger partial charge >= 0.3 is 0 Å². The van der Waals surface area contributed by atoms with Crippen molar-refractivity contribution in [3.63, 3.8) is 0 Å². The molecule has 0 bridgehead atoms. The number of nitriles is 1. The number of benzene rings is 2. The van der Waals surface area contributed by atoms with E-state index in [9.17, 15) is 4.21 Å². The molecular weight excluding hydrogens is 280 g/mol. The minimum atomic E-state index is -0.952. The number of nitrogens with zero attached hydrogens (tertiary/aromatic N) is 2. The first kappa shape index (κ1) is 15.4. The van der Waals surface area contributed by atoms with E-state index in [2.05, 4.69) is 11.0 Å². The lowest BCUT2D eigenvalue weighted by Crippen LogP contribution is -2.23. The summed E-state index contributed by atoms with van der Waals surface area (Å²) in [5, 5.41) is 8.77. The molecule has 0 aliphatic carbocycles. The highest BCUT2D eigenvalue weighted by Gasteiger charge is 2.06. The SMILES string of the molecule is CN(CCS(=O)c1ccccc1)Cc1ccc(C#N)cc1. The van der Waals surface area contributed by atoms with Crippen molar-refractivity contribution >= 4 is 10.8 Å². The maximum atomic E-state index is 12.1. The molecule has 1 unspecified atom stereocenters. The van der Waals surface area contributed by atoms with Gasteiger partial charge in [-0.3, -0.25) is 4.21 Å². The van der Waals surface area contributed by atoms with Crippen LogP contribution in [-0.2, 0) is 17.3 Å². The van der Waals surface area contributed by atoms with E-state index in [1.165, 1.54) is 0 Å². The van der Waals surface area contributed by atoms with Gasteiger partial charge in [-0.1, -0.05) is 30.3 Å². The van der Waals surface area contributed by atoms with Crippen molar-refractivity contribution in [2.24, 2.45) is 0 Å². The van der Waals surface area contributed by atoms with Crippen molar-refractivity contribution < 1.29 is 4.21 Å². The summed E-state index contributed by atoms with van der Waals surface area (Å²) in [6.07, 6.45) is 0. The fourth-order valence-electron chi connectivity index (χ4n) is 2.00. The Morgan fingerprint density at radius 2 is 1.76 bits per heavy atom. The van der Waals surface area contributed by atoms with Crippen molar-refractivity contribution in [2.45, 2.75) is 11.4 Å². The van der Waals surface area contributed by atoms with E-state index in [0.717, 1.165) is 23.5 Å². The fraction of sp³-hybridized carbons (Fsp3) is 0.235. The molecule has 2 aromatic rings. The van der Waals surface area contributed by atoms with Gasteiger partial charge in [0.15, 0.2) is 0 Å². The standard InChI is InChI=1S/C17H18N2OS/c1-19(14-16-9-7-15(13-18)8-10-16)11-12-21(20)17-5-3-2-4-6-17/h2-10H,11-12,14H2,1H3. The van der Waals surface area contributed by atoms with Gasteiger partial charge in [0.25, 0.3) is 0 Å². The van der Waals surface area contributed by atoms with Crippen molar-refractivity contribution in [1.29, 1.82) is 5.26 Å². The van der Waals surface area contributed by atoms with Crippen LogP contribution in [0.3, 0.4) is 0 Å². The molecule has 0 saturated heterocycles. The Kier molecular flexibility index (Phi) is 5.68. The topological polar surface area (TPSA) is 44.1 Å². The van der Waals surface area contributed by atoms with Crippen LogP contribution in [-0.4, -0.2) is 28.5 Å². The average Bonchev–Trinajstić information content (AvgIpc) is 2.54. The van der Waals surface area contributed by atoms with Gasteiger partial charge in [-0.15, -0.1) is 0 Å². The molecule has 21 heavy (non-hydrogen) atoms. The van der Waals surface area contributed by atoms with Gasteiger partial charge in [0.05, 0.1) is 22.4 Å². The zero-order chi connectivity index (χ0) is 15.1. The number of rotatable bonds is 6. The van der Waals surface area contributed by atoms with E-state index >= 15 is 0 Å². The highest BCUT2D eigenvalue weighted by Crippen LogP contribution is 2.08. The second kappa shape index (κ2) is 7.72. The van der Waals surface area contributed by atoms with E-state index in [4.69, 9.17) is 5.26 Å². The Labute approximate surface area is 128 Å². The van der Waals surface area contributed by atoms with Crippen LogP contribution in [0.1, 0.15) is 11.1 Å². The predicted octanol–water partition coefficient (Wildman–Crippen LogP) is 2.80.